The number of carboxylic acids is 1. The van der Waals surface area contributed by atoms with Crippen molar-refractivity contribution in [1.29, 1.82) is 0 Å². The van der Waals surface area contributed by atoms with Crippen molar-refractivity contribution in [2.45, 2.75) is 6.42 Å². The Morgan fingerprint density at radius 2 is 2.05 bits per heavy atom. The van der Waals surface area contributed by atoms with Gasteiger partial charge in [0.05, 0.1) is 6.54 Å². The number of hydrogen-bond donors (Lipinski definition) is 3. The third-order valence-electron chi connectivity index (χ3n) is 2.45. The number of benzene rings is 1. The standard InChI is InChI=1S/C13H12N2O4S/c16-9-3-1-8(2-4-9)7-10(12(18)19)20-13-14-6-5-11(17)15-13/h1-4,7,16H,5-6H2,(H,18,19)(H,14,15,17)/b10-7+. The molecular weight excluding hydrogens is 280 g/mol. The molecule has 0 aliphatic carbocycles. The molecule has 0 unspecified atom stereocenters. The van der Waals surface area contributed by atoms with E-state index < -0.39 is 5.97 Å². The first-order valence-corrected chi connectivity index (χ1v) is 6.62. The molecule has 6 nitrogen and oxygen atoms in total. The summed E-state index contributed by atoms with van der Waals surface area (Å²) in [7, 11) is 0. The number of phenolic OH excluding ortho intramolecular Hbond substituents is 1. The summed E-state index contributed by atoms with van der Waals surface area (Å²) in [5.74, 6) is -1.17. The van der Waals surface area contributed by atoms with E-state index in [4.69, 9.17) is 0 Å². The molecule has 0 aromatic heterocycles. The molecule has 0 saturated carbocycles. The zero-order valence-electron chi connectivity index (χ0n) is 10.4. The summed E-state index contributed by atoms with van der Waals surface area (Å²) in [4.78, 5) is 26.5. The molecule has 1 aromatic carbocycles. The smallest absolute Gasteiger partial charge is 0.342 e. The van der Waals surface area contributed by atoms with Gasteiger partial charge in [-0.25, -0.2) is 4.79 Å². The molecule has 1 aliphatic rings. The van der Waals surface area contributed by atoms with Crippen LogP contribution in [0.4, 0.5) is 0 Å². The van der Waals surface area contributed by atoms with Crippen molar-refractivity contribution < 1.29 is 19.8 Å². The number of amides is 1. The molecule has 0 radical (unpaired) electrons. The minimum absolute atomic E-state index is 0.0386. The van der Waals surface area contributed by atoms with Gasteiger partial charge in [0.15, 0.2) is 5.17 Å². The van der Waals surface area contributed by atoms with Gasteiger partial charge >= 0.3 is 5.97 Å². The van der Waals surface area contributed by atoms with Gasteiger partial charge in [-0.15, -0.1) is 0 Å². The van der Waals surface area contributed by atoms with Gasteiger partial charge in [-0.05, 0) is 35.5 Å². The van der Waals surface area contributed by atoms with Gasteiger partial charge in [-0.2, -0.15) is 0 Å². The summed E-state index contributed by atoms with van der Waals surface area (Å²) in [5, 5.41) is 21.2. The van der Waals surface area contributed by atoms with Crippen molar-refractivity contribution >= 4 is 34.9 Å². The van der Waals surface area contributed by atoms with Crippen molar-refractivity contribution in [3.8, 4) is 5.75 Å². The number of nitrogens with one attached hydrogen (secondary N) is 1. The van der Waals surface area contributed by atoms with E-state index in [2.05, 4.69) is 10.3 Å². The zero-order chi connectivity index (χ0) is 14.5. The number of carbonyl (C=O) groups is 2. The fourth-order valence-corrected chi connectivity index (χ4v) is 2.31. The van der Waals surface area contributed by atoms with Crippen LogP contribution in [0.1, 0.15) is 12.0 Å². The predicted molar refractivity (Wildman–Crippen MR) is 76.4 cm³/mol. The molecule has 104 valence electrons. The molecule has 1 aromatic rings. The molecule has 1 heterocycles. The second-order valence-corrected chi connectivity index (χ2v) is 5.02. The maximum absolute atomic E-state index is 11.2. The number of amidine groups is 1. The number of aliphatic imine (C=N–C) groups is 1. The van der Waals surface area contributed by atoms with Crippen molar-refractivity contribution in [2.24, 2.45) is 4.99 Å². The van der Waals surface area contributed by atoms with Crippen LogP contribution in [0, 0.1) is 0 Å². The summed E-state index contributed by atoms with van der Waals surface area (Å²) in [5.41, 5.74) is 0.635. The quantitative estimate of drug-likeness (QED) is 0.732. The van der Waals surface area contributed by atoms with Gasteiger partial charge in [0.1, 0.15) is 10.7 Å². The van der Waals surface area contributed by atoms with E-state index in [1.807, 2.05) is 0 Å². The first-order chi connectivity index (χ1) is 9.54. The lowest BCUT2D eigenvalue weighted by molar-refractivity contribution is -0.131. The third-order valence-corrected chi connectivity index (χ3v) is 3.39. The van der Waals surface area contributed by atoms with Crippen molar-refractivity contribution in [1.82, 2.24) is 5.32 Å². The maximum atomic E-state index is 11.2. The first-order valence-electron chi connectivity index (χ1n) is 5.81. The first kappa shape index (κ1) is 14.1. The monoisotopic (exact) mass is 292 g/mol. The van der Waals surface area contributed by atoms with Gasteiger partial charge < -0.3 is 15.5 Å². The lowest BCUT2D eigenvalue weighted by Gasteiger charge is -2.12. The molecule has 0 atom stereocenters. The Bertz CT molecular complexity index is 593. The van der Waals surface area contributed by atoms with Gasteiger partial charge in [-0.1, -0.05) is 12.1 Å². The topological polar surface area (TPSA) is 99.0 Å². The Kier molecular flexibility index (Phi) is 4.41. The van der Waals surface area contributed by atoms with E-state index in [-0.39, 0.29) is 21.7 Å². The van der Waals surface area contributed by atoms with Gasteiger partial charge in [0.25, 0.3) is 0 Å². The van der Waals surface area contributed by atoms with Crippen LogP contribution in [0.25, 0.3) is 6.08 Å². The average molecular weight is 292 g/mol. The molecule has 20 heavy (non-hydrogen) atoms. The molecule has 7 heteroatoms. The molecule has 0 fully saturated rings. The molecule has 1 amide bonds. The number of nitrogens with zero attached hydrogens (tertiary/aromatic N) is 1. The van der Waals surface area contributed by atoms with Crippen LogP contribution in [-0.4, -0.2) is 33.8 Å². The summed E-state index contributed by atoms with van der Waals surface area (Å²) < 4.78 is 0. The maximum Gasteiger partial charge on any atom is 0.342 e. The van der Waals surface area contributed by atoms with Crippen molar-refractivity contribution in [3.05, 3.63) is 34.7 Å². The Labute approximate surface area is 119 Å². The van der Waals surface area contributed by atoms with Crippen LogP contribution in [0.5, 0.6) is 5.75 Å². The summed E-state index contributed by atoms with van der Waals surface area (Å²) in [6.07, 6.45) is 1.77. The number of carboxylic acid groups (broad SMARTS) is 1. The Balaban J connectivity index is 2.19. The molecule has 2 rings (SSSR count). The fraction of sp³-hybridized carbons (Fsp3) is 0.154. The van der Waals surface area contributed by atoms with Crippen LogP contribution in [0.3, 0.4) is 0 Å². The summed E-state index contributed by atoms with van der Waals surface area (Å²) in [6.45, 7) is 0.361. The van der Waals surface area contributed by atoms with E-state index in [9.17, 15) is 19.8 Å². The SMILES string of the molecule is O=C1CCN=C(S/C(=C/c2ccc(O)cc2)C(=O)O)N1. The highest BCUT2D eigenvalue weighted by atomic mass is 32.2. The lowest BCUT2D eigenvalue weighted by Crippen LogP contribution is -2.33. The molecular formula is C13H12N2O4S. The Hall–Kier alpha value is -2.28. The normalized spacial score (nSPS) is 15.5. The van der Waals surface area contributed by atoms with E-state index in [1.54, 1.807) is 12.1 Å². The zero-order valence-corrected chi connectivity index (χ0v) is 11.2. The highest BCUT2D eigenvalue weighted by Gasteiger charge is 2.17. The molecule has 3 N–H and O–H groups in total. The lowest BCUT2D eigenvalue weighted by atomic mass is 10.2. The van der Waals surface area contributed by atoms with E-state index >= 15 is 0 Å². The van der Waals surface area contributed by atoms with E-state index in [0.29, 0.717) is 18.5 Å². The highest BCUT2D eigenvalue weighted by molar-refractivity contribution is 8.18. The van der Waals surface area contributed by atoms with Crippen LogP contribution in [-0.2, 0) is 9.59 Å². The minimum Gasteiger partial charge on any atom is -0.508 e. The van der Waals surface area contributed by atoms with Gasteiger partial charge in [0.2, 0.25) is 5.91 Å². The number of rotatable bonds is 3. The second-order valence-electron chi connectivity index (χ2n) is 3.99. The predicted octanol–water partition coefficient (Wildman–Crippen LogP) is 1.43. The Morgan fingerprint density at radius 1 is 1.35 bits per heavy atom. The molecule has 1 aliphatic heterocycles. The van der Waals surface area contributed by atoms with Crippen LogP contribution < -0.4 is 5.32 Å². The molecule has 0 spiro atoms. The summed E-state index contributed by atoms with van der Waals surface area (Å²) in [6, 6.07) is 6.13. The van der Waals surface area contributed by atoms with Crippen molar-refractivity contribution in [3.63, 3.8) is 0 Å². The van der Waals surface area contributed by atoms with Crippen LogP contribution in [0.15, 0.2) is 34.2 Å². The number of aromatic hydroxyl groups is 1. The number of hydrogen-bond acceptors (Lipinski definition) is 5. The molecule has 0 bridgehead atoms. The number of aliphatic carboxylic acids is 1. The average Bonchev–Trinajstić information content (AvgIpc) is 2.40. The third kappa shape index (κ3) is 3.86. The fourth-order valence-electron chi connectivity index (χ4n) is 1.50. The van der Waals surface area contributed by atoms with Gasteiger partial charge in [-0.3, -0.25) is 9.79 Å². The van der Waals surface area contributed by atoms with Crippen LogP contribution in [0.2, 0.25) is 0 Å². The number of phenols is 1. The number of carbonyl (C=O) groups excluding carboxylic acids is 1. The summed E-state index contributed by atoms with van der Waals surface area (Å²) >= 11 is 0.894. The van der Waals surface area contributed by atoms with Crippen LogP contribution >= 0.6 is 11.8 Å². The van der Waals surface area contributed by atoms with E-state index in [1.165, 1.54) is 18.2 Å². The Morgan fingerprint density at radius 3 is 2.65 bits per heavy atom. The number of thioether (sulfide) groups is 1. The largest absolute Gasteiger partial charge is 0.508 e. The van der Waals surface area contributed by atoms with Gasteiger partial charge in [0, 0.05) is 6.42 Å². The second kappa shape index (κ2) is 6.25. The minimum atomic E-state index is -1.11. The highest BCUT2D eigenvalue weighted by Crippen LogP contribution is 2.22. The van der Waals surface area contributed by atoms with Crippen molar-refractivity contribution in [2.75, 3.05) is 6.54 Å². The molecule has 0 saturated heterocycles. The van der Waals surface area contributed by atoms with E-state index in [0.717, 1.165) is 11.8 Å².